The van der Waals surface area contributed by atoms with Crippen molar-refractivity contribution in [3.63, 3.8) is 0 Å². The summed E-state index contributed by atoms with van der Waals surface area (Å²) in [5.41, 5.74) is 3.97. The summed E-state index contributed by atoms with van der Waals surface area (Å²) < 4.78 is 0. The van der Waals surface area contributed by atoms with Crippen LogP contribution in [-0.4, -0.2) is 66.0 Å². The molecule has 2 fully saturated rings. The topological polar surface area (TPSA) is 68.8 Å². The van der Waals surface area contributed by atoms with Crippen LogP contribution in [0.5, 0.6) is 0 Å². The van der Waals surface area contributed by atoms with E-state index in [2.05, 4.69) is 27.3 Å². The van der Waals surface area contributed by atoms with Crippen LogP contribution < -0.4 is 10.2 Å². The number of nitrogens with one attached hydrogen (secondary N) is 1. The number of hydrogen-bond acceptors (Lipinski definition) is 4. The highest BCUT2D eigenvalue weighted by Gasteiger charge is 2.40. The fourth-order valence-corrected chi connectivity index (χ4v) is 4.51. The zero-order valence-electron chi connectivity index (χ0n) is 19.3. The molecule has 1 saturated carbocycles. The lowest BCUT2D eigenvalue weighted by Crippen LogP contribution is -2.53. The smallest absolute Gasteiger partial charge is 0.317 e. The Bertz CT molecular complexity index is 1130. The van der Waals surface area contributed by atoms with Gasteiger partial charge >= 0.3 is 6.03 Å². The Morgan fingerprint density at radius 1 is 0.853 bits per heavy atom. The lowest BCUT2D eigenvalue weighted by Gasteiger charge is -2.35. The van der Waals surface area contributed by atoms with Gasteiger partial charge in [0.1, 0.15) is 0 Å². The quantitative estimate of drug-likeness (QED) is 0.634. The van der Waals surface area contributed by atoms with Crippen LogP contribution in [0.4, 0.5) is 16.2 Å². The summed E-state index contributed by atoms with van der Waals surface area (Å²) >= 11 is 0. The van der Waals surface area contributed by atoms with Gasteiger partial charge in [0, 0.05) is 74.5 Å². The maximum Gasteiger partial charge on any atom is 0.317 e. The second kappa shape index (κ2) is 9.55. The van der Waals surface area contributed by atoms with Crippen molar-refractivity contribution in [1.82, 2.24) is 20.1 Å². The van der Waals surface area contributed by atoms with Crippen molar-refractivity contribution in [3.05, 3.63) is 90.3 Å². The summed E-state index contributed by atoms with van der Waals surface area (Å²) in [6.07, 6.45) is 4.51. The third-order valence-electron chi connectivity index (χ3n) is 6.73. The van der Waals surface area contributed by atoms with Gasteiger partial charge in [0.2, 0.25) is 0 Å². The predicted octanol–water partition coefficient (Wildman–Crippen LogP) is 3.87. The second-order valence-corrected chi connectivity index (χ2v) is 8.90. The van der Waals surface area contributed by atoms with Gasteiger partial charge in [-0.15, -0.1) is 0 Å². The molecule has 1 saturated heterocycles. The Hall–Kier alpha value is -3.87. The lowest BCUT2D eigenvalue weighted by atomic mass is 10.1. The zero-order chi connectivity index (χ0) is 23.5. The van der Waals surface area contributed by atoms with E-state index >= 15 is 0 Å². The van der Waals surface area contributed by atoms with Crippen LogP contribution in [0.3, 0.4) is 0 Å². The van der Waals surface area contributed by atoms with Crippen LogP contribution in [0.15, 0.2) is 79.1 Å². The van der Waals surface area contributed by atoms with Crippen LogP contribution in [-0.2, 0) is 0 Å². The Labute approximate surface area is 200 Å². The number of benzene rings is 2. The van der Waals surface area contributed by atoms with Crippen LogP contribution >= 0.6 is 0 Å². The predicted molar refractivity (Wildman–Crippen MR) is 132 cm³/mol. The zero-order valence-corrected chi connectivity index (χ0v) is 19.3. The number of carbonyl (C=O) groups excluding carboxylic acids is 2. The molecule has 0 bridgehead atoms. The standard InChI is InChI=1S/C27H29N5O2/c1-30(23-11-13-28-14-12-23)22-9-7-21(8-10-22)26(33)31-15-17-32(18-16-31)27(34)29-25-19-24(25)20-5-3-2-4-6-20/h2-14,24-25H,15-19H2,1H3,(H,29,34)/t24-,25+/m0/s1. The van der Waals surface area contributed by atoms with Crippen molar-refractivity contribution in [3.8, 4) is 0 Å². The fraction of sp³-hybridized carbons (Fsp3) is 0.296. The molecule has 1 aliphatic carbocycles. The molecule has 1 N–H and O–H groups in total. The first-order valence-electron chi connectivity index (χ1n) is 11.7. The summed E-state index contributed by atoms with van der Waals surface area (Å²) in [7, 11) is 1.99. The molecule has 7 heteroatoms. The molecule has 34 heavy (non-hydrogen) atoms. The maximum atomic E-state index is 13.0. The average molecular weight is 456 g/mol. The molecule has 5 rings (SSSR count). The average Bonchev–Trinajstić information content (AvgIpc) is 3.68. The molecule has 1 aliphatic heterocycles. The Morgan fingerprint density at radius 3 is 2.15 bits per heavy atom. The number of hydrogen-bond donors (Lipinski definition) is 1. The highest BCUT2D eigenvalue weighted by atomic mass is 16.2. The summed E-state index contributed by atoms with van der Waals surface area (Å²) in [5.74, 6) is 0.415. The molecule has 0 spiro atoms. The molecule has 0 radical (unpaired) electrons. The second-order valence-electron chi connectivity index (χ2n) is 8.90. The molecule has 3 amide bonds. The van der Waals surface area contributed by atoms with E-state index in [1.165, 1.54) is 5.56 Å². The van der Waals surface area contributed by atoms with Crippen molar-refractivity contribution >= 4 is 23.3 Å². The van der Waals surface area contributed by atoms with Gasteiger partial charge in [-0.05, 0) is 48.4 Å². The van der Waals surface area contributed by atoms with E-state index in [1.807, 2.05) is 71.4 Å². The van der Waals surface area contributed by atoms with E-state index in [1.54, 1.807) is 12.4 Å². The van der Waals surface area contributed by atoms with Crippen molar-refractivity contribution < 1.29 is 9.59 Å². The first-order valence-corrected chi connectivity index (χ1v) is 11.7. The van der Waals surface area contributed by atoms with Crippen LogP contribution in [0, 0.1) is 0 Å². The normalized spacial score (nSPS) is 19.4. The minimum Gasteiger partial charge on any atom is -0.345 e. The highest BCUT2D eigenvalue weighted by molar-refractivity contribution is 5.95. The van der Waals surface area contributed by atoms with Crippen molar-refractivity contribution in [2.24, 2.45) is 0 Å². The number of nitrogens with zero attached hydrogens (tertiary/aromatic N) is 4. The van der Waals surface area contributed by atoms with Crippen molar-refractivity contribution in [1.29, 1.82) is 0 Å². The van der Waals surface area contributed by atoms with E-state index in [4.69, 9.17) is 0 Å². The van der Waals surface area contributed by atoms with Gasteiger partial charge in [-0.25, -0.2) is 4.79 Å². The summed E-state index contributed by atoms with van der Waals surface area (Å²) in [5, 5.41) is 3.15. The number of amides is 3. The number of carbonyl (C=O) groups is 2. The number of rotatable bonds is 5. The third kappa shape index (κ3) is 4.73. The SMILES string of the molecule is CN(c1ccncc1)c1ccc(C(=O)N2CCN(C(=O)N[C@@H]3C[C@H]3c3ccccc3)CC2)cc1. The maximum absolute atomic E-state index is 13.0. The summed E-state index contributed by atoms with van der Waals surface area (Å²) in [4.78, 5) is 35.4. The van der Waals surface area contributed by atoms with E-state index in [0.29, 0.717) is 37.7 Å². The highest BCUT2D eigenvalue weighted by Crippen LogP contribution is 2.40. The minimum atomic E-state index is -0.0287. The van der Waals surface area contributed by atoms with Gasteiger partial charge in [0.05, 0.1) is 0 Å². The van der Waals surface area contributed by atoms with Gasteiger partial charge in [0.25, 0.3) is 5.91 Å². The van der Waals surface area contributed by atoms with Crippen LogP contribution in [0.2, 0.25) is 0 Å². The lowest BCUT2D eigenvalue weighted by molar-refractivity contribution is 0.0665. The number of pyridine rings is 1. The minimum absolute atomic E-state index is 0.00417. The van der Waals surface area contributed by atoms with Gasteiger partial charge < -0.3 is 20.0 Å². The molecule has 0 unspecified atom stereocenters. The fourth-order valence-electron chi connectivity index (χ4n) is 4.51. The molecule has 2 aromatic carbocycles. The number of urea groups is 1. The van der Waals surface area contributed by atoms with E-state index in [0.717, 1.165) is 17.8 Å². The van der Waals surface area contributed by atoms with Gasteiger partial charge in [-0.1, -0.05) is 30.3 Å². The van der Waals surface area contributed by atoms with E-state index < -0.39 is 0 Å². The molecule has 3 aromatic rings. The number of anilines is 2. The monoisotopic (exact) mass is 455 g/mol. The van der Waals surface area contributed by atoms with Crippen molar-refractivity contribution in [2.75, 3.05) is 38.1 Å². The van der Waals surface area contributed by atoms with Crippen LogP contribution in [0.25, 0.3) is 0 Å². The third-order valence-corrected chi connectivity index (χ3v) is 6.73. The number of piperazine rings is 1. The van der Waals surface area contributed by atoms with E-state index in [-0.39, 0.29) is 18.0 Å². The Kier molecular flexibility index (Phi) is 6.16. The Morgan fingerprint density at radius 2 is 1.47 bits per heavy atom. The van der Waals surface area contributed by atoms with Gasteiger partial charge in [-0.3, -0.25) is 9.78 Å². The Balaban J connectivity index is 1.11. The van der Waals surface area contributed by atoms with E-state index in [9.17, 15) is 9.59 Å². The molecule has 2 aliphatic rings. The molecule has 7 nitrogen and oxygen atoms in total. The van der Waals surface area contributed by atoms with Crippen molar-refractivity contribution in [2.45, 2.75) is 18.4 Å². The molecule has 1 aromatic heterocycles. The molecule has 2 atom stereocenters. The summed E-state index contributed by atoms with van der Waals surface area (Å²) in [6.45, 7) is 2.17. The first kappa shape index (κ1) is 21.9. The van der Waals surface area contributed by atoms with Crippen LogP contribution in [0.1, 0.15) is 28.3 Å². The van der Waals surface area contributed by atoms with Gasteiger partial charge in [0.15, 0.2) is 0 Å². The molecule has 2 heterocycles. The number of aromatic nitrogens is 1. The first-order chi connectivity index (χ1) is 16.6. The summed E-state index contributed by atoms with van der Waals surface area (Å²) in [6, 6.07) is 22.0. The van der Waals surface area contributed by atoms with Gasteiger partial charge in [-0.2, -0.15) is 0 Å². The largest absolute Gasteiger partial charge is 0.345 e. The molecule has 174 valence electrons. The molecular weight excluding hydrogens is 426 g/mol. The molecular formula is C27H29N5O2.